The maximum Gasteiger partial charge on any atom is 0.222 e. The second-order valence-corrected chi connectivity index (χ2v) is 6.44. The Hall–Kier alpha value is -2.93. The van der Waals surface area contributed by atoms with E-state index in [1.54, 1.807) is 6.20 Å². The van der Waals surface area contributed by atoms with Crippen LogP contribution in [0.5, 0.6) is 0 Å². The minimum atomic E-state index is 0.0331. The van der Waals surface area contributed by atoms with Gasteiger partial charge in [0.15, 0.2) is 0 Å². The van der Waals surface area contributed by atoms with E-state index >= 15 is 0 Å². The molecule has 0 fully saturated rings. The average Bonchev–Trinajstić information content (AvgIpc) is 3.05. The monoisotopic (exact) mass is 349 g/mol. The average molecular weight is 349 g/mol. The van der Waals surface area contributed by atoms with Gasteiger partial charge in [0, 0.05) is 30.9 Å². The molecular formula is C19H23N7. The molecule has 4 N–H and O–H groups in total. The van der Waals surface area contributed by atoms with Crippen molar-refractivity contribution in [2.75, 3.05) is 24.1 Å². The summed E-state index contributed by atoms with van der Waals surface area (Å²) in [5.74, 6) is 1.15. The van der Waals surface area contributed by atoms with Crippen LogP contribution in [0.15, 0.2) is 48.8 Å². The first-order valence-corrected chi connectivity index (χ1v) is 8.94. The molecule has 1 unspecified atom stereocenters. The van der Waals surface area contributed by atoms with Crippen molar-refractivity contribution in [2.45, 2.75) is 25.4 Å². The summed E-state index contributed by atoms with van der Waals surface area (Å²) >= 11 is 0. The SMILES string of the molecule is Nc1nc2c(c(NC(Cn3cccn3)c3ccccc3)n1)CCNCC2. The van der Waals surface area contributed by atoms with Crippen LogP contribution in [0.1, 0.15) is 22.9 Å². The van der Waals surface area contributed by atoms with Gasteiger partial charge in [-0.25, -0.2) is 4.98 Å². The molecule has 1 aliphatic rings. The number of hydrogen-bond acceptors (Lipinski definition) is 6. The summed E-state index contributed by atoms with van der Waals surface area (Å²) in [7, 11) is 0. The van der Waals surface area contributed by atoms with Gasteiger partial charge in [-0.1, -0.05) is 30.3 Å². The van der Waals surface area contributed by atoms with Gasteiger partial charge in [0.1, 0.15) is 5.82 Å². The van der Waals surface area contributed by atoms with Gasteiger partial charge in [0.25, 0.3) is 0 Å². The summed E-state index contributed by atoms with van der Waals surface area (Å²) in [5.41, 5.74) is 9.36. The molecule has 0 aliphatic carbocycles. The van der Waals surface area contributed by atoms with Gasteiger partial charge in [-0.15, -0.1) is 0 Å². The number of nitrogens with zero attached hydrogens (tertiary/aromatic N) is 4. The predicted molar refractivity (Wildman–Crippen MR) is 102 cm³/mol. The first kappa shape index (κ1) is 16.5. The molecule has 0 saturated carbocycles. The molecule has 134 valence electrons. The molecule has 0 spiro atoms. The predicted octanol–water partition coefficient (Wildman–Crippen LogP) is 1.80. The molecule has 0 bridgehead atoms. The third kappa shape index (κ3) is 3.67. The smallest absolute Gasteiger partial charge is 0.222 e. The number of benzene rings is 1. The Morgan fingerprint density at radius 2 is 1.96 bits per heavy atom. The van der Waals surface area contributed by atoms with Crippen molar-refractivity contribution in [2.24, 2.45) is 0 Å². The van der Waals surface area contributed by atoms with Crippen molar-refractivity contribution in [1.29, 1.82) is 0 Å². The van der Waals surface area contributed by atoms with E-state index in [2.05, 4.69) is 37.8 Å². The van der Waals surface area contributed by atoms with Crippen LogP contribution < -0.4 is 16.4 Å². The molecular weight excluding hydrogens is 326 g/mol. The van der Waals surface area contributed by atoms with E-state index < -0.39 is 0 Å². The zero-order chi connectivity index (χ0) is 17.8. The van der Waals surface area contributed by atoms with Crippen LogP contribution in [0.25, 0.3) is 0 Å². The quantitative estimate of drug-likeness (QED) is 0.650. The number of fused-ring (bicyclic) bond motifs is 1. The minimum Gasteiger partial charge on any atom is -0.368 e. The highest BCUT2D eigenvalue weighted by atomic mass is 15.3. The standard InChI is InChI=1S/C19H23N7/c20-19-24-16-8-11-21-10-7-15(16)18(25-19)23-17(13-26-12-4-9-22-26)14-5-2-1-3-6-14/h1-6,9,12,17,21H,7-8,10-11,13H2,(H3,20,23,24,25). The number of nitrogen functional groups attached to an aromatic ring is 1. The molecule has 7 heteroatoms. The lowest BCUT2D eigenvalue weighted by molar-refractivity contribution is 0.549. The van der Waals surface area contributed by atoms with Crippen molar-refractivity contribution >= 4 is 11.8 Å². The Labute approximate surface area is 152 Å². The van der Waals surface area contributed by atoms with Crippen LogP contribution in [0.3, 0.4) is 0 Å². The second kappa shape index (κ2) is 7.53. The largest absolute Gasteiger partial charge is 0.368 e. The van der Waals surface area contributed by atoms with E-state index in [4.69, 9.17) is 5.73 Å². The molecule has 1 aliphatic heterocycles. The number of nitrogens with one attached hydrogen (secondary N) is 2. The fraction of sp³-hybridized carbons (Fsp3) is 0.316. The summed E-state index contributed by atoms with van der Waals surface area (Å²) < 4.78 is 1.93. The van der Waals surface area contributed by atoms with Crippen LogP contribution in [-0.4, -0.2) is 32.8 Å². The molecule has 26 heavy (non-hydrogen) atoms. The maximum absolute atomic E-state index is 5.98. The summed E-state index contributed by atoms with van der Waals surface area (Å²) in [6, 6.07) is 12.3. The van der Waals surface area contributed by atoms with Crippen LogP contribution in [-0.2, 0) is 19.4 Å². The van der Waals surface area contributed by atoms with Gasteiger partial charge < -0.3 is 16.4 Å². The van der Waals surface area contributed by atoms with Crippen molar-refractivity contribution in [1.82, 2.24) is 25.1 Å². The van der Waals surface area contributed by atoms with Crippen molar-refractivity contribution < 1.29 is 0 Å². The molecule has 2 aromatic heterocycles. The van der Waals surface area contributed by atoms with Crippen molar-refractivity contribution in [3.63, 3.8) is 0 Å². The summed E-state index contributed by atoms with van der Waals surface area (Å²) in [6.07, 6.45) is 5.52. The third-order valence-corrected chi connectivity index (χ3v) is 4.64. The van der Waals surface area contributed by atoms with Gasteiger partial charge >= 0.3 is 0 Å². The summed E-state index contributed by atoms with van der Waals surface area (Å²) in [5, 5.41) is 11.4. The molecule has 0 amide bonds. The van der Waals surface area contributed by atoms with E-state index in [-0.39, 0.29) is 6.04 Å². The second-order valence-electron chi connectivity index (χ2n) is 6.44. The Kier molecular flexibility index (Phi) is 4.79. The highest BCUT2D eigenvalue weighted by Crippen LogP contribution is 2.26. The molecule has 3 heterocycles. The number of aromatic nitrogens is 4. The van der Waals surface area contributed by atoms with Gasteiger partial charge in [-0.3, -0.25) is 4.68 Å². The molecule has 4 rings (SSSR count). The summed E-state index contributed by atoms with van der Waals surface area (Å²) in [4.78, 5) is 8.98. The molecule has 1 atom stereocenters. The topological polar surface area (TPSA) is 93.7 Å². The fourth-order valence-electron chi connectivity index (χ4n) is 3.36. The lowest BCUT2D eigenvalue weighted by Gasteiger charge is -2.22. The number of anilines is 2. The van der Waals surface area contributed by atoms with Gasteiger partial charge in [0.05, 0.1) is 18.3 Å². The molecule has 0 radical (unpaired) electrons. The summed E-state index contributed by atoms with van der Waals surface area (Å²) in [6.45, 7) is 2.54. The van der Waals surface area contributed by atoms with Crippen LogP contribution in [0.4, 0.5) is 11.8 Å². The number of nitrogens with two attached hydrogens (primary N) is 1. The van der Waals surface area contributed by atoms with Crippen molar-refractivity contribution in [3.8, 4) is 0 Å². The van der Waals surface area contributed by atoms with Crippen LogP contribution in [0.2, 0.25) is 0 Å². The van der Waals surface area contributed by atoms with E-state index in [0.717, 1.165) is 43.0 Å². The highest BCUT2D eigenvalue weighted by Gasteiger charge is 2.20. The lowest BCUT2D eigenvalue weighted by Crippen LogP contribution is -2.21. The Morgan fingerprint density at radius 1 is 1.12 bits per heavy atom. The van der Waals surface area contributed by atoms with Gasteiger partial charge in [-0.2, -0.15) is 10.1 Å². The Morgan fingerprint density at radius 3 is 2.77 bits per heavy atom. The highest BCUT2D eigenvalue weighted by molar-refractivity contribution is 5.52. The van der Waals surface area contributed by atoms with Crippen LogP contribution >= 0.6 is 0 Å². The van der Waals surface area contributed by atoms with Crippen LogP contribution in [0, 0.1) is 0 Å². The lowest BCUT2D eigenvalue weighted by atomic mass is 10.1. The van der Waals surface area contributed by atoms with Crippen molar-refractivity contribution in [3.05, 3.63) is 65.6 Å². The first-order valence-electron chi connectivity index (χ1n) is 8.94. The van der Waals surface area contributed by atoms with E-state index in [1.165, 1.54) is 5.56 Å². The number of hydrogen-bond donors (Lipinski definition) is 3. The molecule has 3 aromatic rings. The normalized spacial score (nSPS) is 15.1. The zero-order valence-electron chi connectivity index (χ0n) is 14.6. The number of rotatable bonds is 5. The third-order valence-electron chi connectivity index (χ3n) is 4.64. The molecule has 0 saturated heterocycles. The fourth-order valence-corrected chi connectivity index (χ4v) is 3.36. The minimum absolute atomic E-state index is 0.0331. The molecule has 1 aromatic carbocycles. The van der Waals surface area contributed by atoms with E-state index in [9.17, 15) is 0 Å². The zero-order valence-corrected chi connectivity index (χ0v) is 14.6. The Balaban J connectivity index is 1.68. The molecule has 7 nitrogen and oxygen atoms in total. The Bertz CT molecular complexity index is 846. The maximum atomic E-state index is 5.98. The van der Waals surface area contributed by atoms with Gasteiger partial charge in [0.2, 0.25) is 5.95 Å². The first-order chi connectivity index (χ1) is 12.8. The van der Waals surface area contributed by atoms with E-state index in [1.807, 2.05) is 35.1 Å². The van der Waals surface area contributed by atoms with Gasteiger partial charge in [-0.05, 0) is 24.6 Å². The van der Waals surface area contributed by atoms with E-state index in [0.29, 0.717) is 12.5 Å².